The molecule has 1 aromatic heterocycles. The number of nitrogens with zero attached hydrogens (tertiary/aromatic N) is 3. The van der Waals surface area contributed by atoms with Crippen LogP contribution >= 0.6 is 0 Å². The Kier molecular flexibility index (Phi) is 3.90. The molecule has 5 heteroatoms. The highest BCUT2D eigenvalue weighted by Gasteiger charge is 2.17. The van der Waals surface area contributed by atoms with Gasteiger partial charge in [0.25, 0.3) is 0 Å². The van der Waals surface area contributed by atoms with Gasteiger partial charge in [-0.3, -0.25) is 0 Å². The number of aryl methyl sites for hydroxylation is 1. The van der Waals surface area contributed by atoms with Gasteiger partial charge in [-0.05, 0) is 13.3 Å². The van der Waals surface area contributed by atoms with Gasteiger partial charge < -0.3 is 14.7 Å². The molecule has 2 heterocycles. The van der Waals surface area contributed by atoms with Crippen molar-refractivity contribution in [3.8, 4) is 0 Å². The van der Waals surface area contributed by atoms with Crippen LogP contribution in [0.15, 0.2) is 4.52 Å². The lowest BCUT2D eigenvalue weighted by molar-refractivity contribution is 0.193. The second-order valence-electron chi connectivity index (χ2n) is 4.35. The Bertz CT molecular complexity index is 326. The largest absolute Gasteiger partial charge is 0.339 e. The first kappa shape index (κ1) is 11.5. The third-order valence-electron chi connectivity index (χ3n) is 3.04. The molecule has 0 radical (unpaired) electrons. The lowest BCUT2D eigenvalue weighted by Crippen LogP contribution is -2.50. The molecule has 1 N–H and O–H groups in total. The molecule has 1 atom stereocenters. The Morgan fingerprint density at radius 2 is 2.44 bits per heavy atom. The van der Waals surface area contributed by atoms with Crippen LogP contribution in [0.4, 0.5) is 0 Å². The van der Waals surface area contributed by atoms with Gasteiger partial charge in [0.2, 0.25) is 5.89 Å². The molecule has 0 saturated carbocycles. The van der Waals surface area contributed by atoms with Gasteiger partial charge in [0, 0.05) is 38.6 Å². The summed E-state index contributed by atoms with van der Waals surface area (Å²) in [5.41, 5.74) is 0. The maximum atomic E-state index is 5.11. The summed E-state index contributed by atoms with van der Waals surface area (Å²) in [5, 5.41) is 7.30. The van der Waals surface area contributed by atoms with Crippen molar-refractivity contribution in [3.05, 3.63) is 11.7 Å². The number of hydrogen-bond acceptors (Lipinski definition) is 5. The minimum atomic E-state index is 0.637. The standard InChI is InChI=1S/C11H20N4O/c1-3-10-8-15(7-5-12-10)6-4-11-13-9(2)14-16-11/h10,12H,3-8H2,1-2H3. The van der Waals surface area contributed by atoms with Gasteiger partial charge in [-0.25, -0.2) is 0 Å². The predicted octanol–water partition coefficient (Wildman–Crippen LogP) is 0.604. The quantitative estimate of drug-likeness (QED) is 0.812. The summed E-state index contributed by atoms with van der Waals surface area (Å²) in [4.78, 5) is 6.68. The Morgan fingerprint density at radius 3 is 3.12 bits per heavy atom. The predicted molar refractivity (Wildman–Crippen MR) is 61.3 cm³/mol. The number of rotatable bonds is 4. The fourth-order valence-electron chi connectivity index (χ4n) is 2.07. The maximum absolute atomic E-state index is 5.11. The zero-order chi connectivity index (χ0) is 11.4. The summed E-state index contributed by atoms with van der Waals surface area (Å²) in [6.45, 7) is 8.42. The molecule has 2 rings (SSSR count). The van der Waals surface area contributed by atoms with Crippen LogP contribution in [0, 0.1) is 6.92 Å². The van der Waals surface area contributed by atoms with Gasteiger partial charge in [0.15, 0.2) is 5.82 Å². The van der Waals surface area contributed by atoms with Crippen molar-refractivity contribution in [3.63, 3.8) is 0 Å². The van der Waals surface area contributed by atoms with Crippen molar-refractivity contribution in [1.29, 1.82) is 0 Å². The first-order valence-corrected chi connectivity index (χ1v) is 6.03. The van der Waals surface area contributed by atoms with Crippen LogP contribution in [0.25, 0.3) is 0 Å². The summed E-state index contributed by atoms with van der Waals surface area (Å²) in [6, 6.07) is 0.637. The van der Waals surface area contributed by atoms with E-state index in [4.69, 9.17) is 4.52 Å². The lowest BCUT2D eigenvalue weighted by Gasteiger charge is -2.32. The molecule has 5 nitrogen and oxygen atoms in total. The monoisotopic (exact) mass is 224 g/mol. The fourth-order valence-corrected chi connectivity index (χ4v) is 2.07. The van der Waals surface area contributed by atoms with Crippen LogP contribution in [0.3, 0.4) is 0 Å². The Labute approximate surface area is 96.2 Å². The zero-order valence-electron chi connectivity index (χ0n) is 10.1. The third kappa shape index (κ3) is 3.02. The van der Waals surface area contributed by atoms with Gasteiger partial charge >= 0.3 is 0 Å². The molecule has 1 unspecified atom stereocenters. The van der Waals surface area contributed by atoms with Crippen LogP contribution in [0.2, 0.25) is 0 Å². The third-order valence-corrected chi connectivity index (χ3v) is 3.04. The second-order valence-corrected chi connectivity index (χ2v) is 4.35. The average Bonchev–Trinajstić information content (AvgIpc) is 2.73. The van der Waals surface area contributed by atoms with E-state index in [0.29, 0.717) is 6.04 Å². The van der Waals surface area contributed by atoms with E-state index in [2.05, 4.69) is 27.3 Å². The molecule has 0 aliphatic carbocycles. The highest BCUT2D eigenvalue weighted by Crippen LogP contribution is 2.04. The molecule has 1 aliphatic rings. The number of nitrogens with one attached hydrogen (secondary N) is 1. The van der Waals surface area contributed by atoms with Crippen LogP contribution < -0.4 is 5.32 Å². The zero-order valence-corrected chi connectivity index (χ0v) is 10.1. The van der Waals surface area contributed by atoms with Gasteiger partial charge in [0.05, 0.1) is 0 Å². The summed E-state index contributed by atoms with van der Waals surface area (Å²) in [5.74, 6) is 1.48. The molecular formula is C11H20N4O. The molecule has 0 amide bonds. The van der Waals surface area contributed by atoms with E-state index in [1.54, 1.807) is 0 Å². The Hall–Kier alpha value is -0.940. The van der Waals surface area contributed by atoms with Crippen molar-refractivity contribution in [2.45, 2.75) is 32.7 Å². The highest BCUT2D eigenvalue weighted by molar-refractivity contribution is 4.85. The molecule has 1 aliphatic heterocycles. The molecule has 0 bridgehead atoms. The lowest BCUT2D eigenvalue weighted by atomic mass is 10.1. The van der Waals surface area contributed by atoms with Gasteiger partial charge in [-0.15, -0.1) is 0 Å². The average molecular weight is 224 g/mol. The normalized spacial score (nSPS) is 22.5. The van der Waals surface area contributed by atoms with Gasteiger partial charge in [-0.2, -0.15) is 4.98 Å². The van der Waals surface area contributed by atoms with E-state index in [1.807, 2.05) is 6.92 Å². The number of aromatic nitrogens is 2. The van der Waals surface area contributed by atoms with E-state index in [-0.39, 0.29) is 0 Å². The van der Waals surface area contributed by atoms with Crippen LogP contribution in [0.1, 0.15) is 25.1 Å². The summed E-state index contributed by atoms with van der Waals surface area (Å²) >= 11 is 0. The van der Waals surface area contributed by atoms with Crippen LogP contribution in [-0.2, 0) is 6.42 Å². The van der Waals surface area contributed by atoms with Crippen molar-refractivity contribution >= 4 is 0 Å². The minimum absolute atomic E-state index is 0.637. The van der Waals surface area contributed by atoms with Crippen LogP contribution in [0.5, 0.6) is 0 Å². The molecule has 90 valence electrons. The maximum Gasteiger partial charge on any atom is 0.227 e. The molecule has 1 fully saturated rings. The molecule has 1 aromatic rings. The Morgan fingerprint density at radius 1 is 1.56 bits per heavy atom. The van der Waals surface area contributed by atoms with E-state index in [9.17, 15) is 0 Å². The van der Waals surface area contributed by atoms with Crippen molar-refractivity contribution < 1.29 is 4.52 Å². The molecule has 0 aromatic carbocycles. The van der Waals surface area contributed by atoms with Crippen molar-refractivity contribution in [2.75, 3.05) is 26.2 Å². The number of hydrogen-bond donors (Lipinski definition) is 1. The summed E-state index contributed by atoms with van der Waals surface area (Å²) < 4.78 is 5.11. The van der Waals surface area contributed by atoms with Gasteiger partial charge in [0.1, 0.15) is 0 Å². The molecule has 1 saturated heterocycles. The summed E-state index contributed by atoms with van der Waals surface area (Å²) in [7, 11) is 0. The first-order chi connectivity index (χ1) is 7.78. The minimum Gasteiger partial charge on any atom is -0.339 e. The summed E-state index contributed by atoms with van der Waals surface area (Å²) in [6.07, 6.45) is 2.05. The van der Waals surface area contributed by atoms with E-state index >= 15 is 0 Å². The van der Waals surface area contributed by atoms with Crippen molar-refractivity contribution in [1.82, 2.24) is 20.4 Å². The van der Waals surface area contributed by atoms with Gasteiger partial charge in [-0.1, -0.05) is 12.1 Å². The van der Waals surface area contributed by atoms with E-state index < -0.39 is 0 Å². The van der Waals surface area contributed by atoms with E-state index in [0.717, 1.165) is 44.3 Å². The molecule has 0 spiro atoms. The molecular weight excluding hydrogens is 204 g/mol. The smallest absolute Gasteiger partial charge is 0.227 e. The topological polar surface area (TPSA) is 54.2 Å². The number of piperazine rings is 1. The Balaban J connectivity index is 1.77. The van der Waals surface area contributed by atoms with Crippen LogP contribution in [-0.4, -0.2) is 47.3 Å². The first-order valence-electron chi connectivity index (χ1n) is 6.03. The second kappa shape index (κ2) is 5.41. The van der Waals surface area contributed by atoms with E-state index in [1.165, 1.54) is 6.42 Å². The van der Waals surface area contributed by atoms with Crippen molar-refractivity contribution in [2.24, 2.45) is 0 Å². The molecule has 16 heavy (non-hydrogen) atoms. The highest BCUT2D eigenvalue weighted by atomic mass is 16.5. The SMILES string of the molecule is CCC1CN(CCc2nc(C)no2)CCN1. The fraction of sp³-hybridized carbons (Fsp3) is 0.818.